The van der Waals surface area contributed by atoms with E-state index in [-0.39, 0.29) is 84.6 Å². The van der Waals surface area contributed by atoms with Gasteiger partial charge in [-0.05, 0) is 154 Å². The van der Waals surface area contributed by atoms with Crippen molar-refractivity contribution >= 4 is 147 Å². The molecule has 14 atom stereocenters. The van der Waals surface area contributed by atoms with Gasteiger partial charge in [0.2, 0.25) is 0 Å². The molecule has 9 rings (SSSR count). The molecule has 0 aromatic rings. The molecule has 0 spiro atoms. The third-order valence-electron chi connectivity index (χ3n) is 18.3. The summed E-state index contributed by atoms with van der Waals surface area (Å²) in [5, 5.41) is 5.15. The second kappa shape index (κ2) is 36.1. The lowest BCUT2D eigenvalue weighted by Crippen LogP contribution is -2.47. The number of ether oxygens (including phenoxy) is 5. The minimum Gasteiger partial charge on any atom is -0.450 e. The summed E-state index contributed by atoms with van der Waals surface area (Å²) >= 11 is 19.3. The van der Waals surface area contributed by atoms with E-state index in [0.717, 1.165) is 111 Å². The van der Waals surface area contributed by atoms with Gasteiger partial charge < -0.3 is 23.7 Å². The summed E-state index contributed by atoms with van der Waals surface area (Å²) in [5.74, 6) is 8.15. The van der Waals surface area contributed by atoms with Crippen LogP contribution < -0.4 is 0 Å². The lowest BCUT2D eigenvalue weighted by molar-refractivity contribution is -0.162. The molecule has 86 heavy (non-hydrogen) atoms. The first-order chi connectivity index (χ1) is 40.4. The number of esters is 5. The highest BCUT2D eigenvalue weighted by Gasteiger charge is 2.56. The second-order valence-corrected chi connectivity index (χ2v) is 41.2. The molecule has 0 aromatic heterocycles. The van der Waals surface area contributed by atoms with E-state index in [1.54, 1.807) is 23.5 Å². The molecule has 5 saturated heterocycles. The summed E-state index contributed by atoms with van der Waals surface area (Å²) in [6.45, 7) is 35.0. The van der Waals surface area contributed by atoms with E-state index in [0.29, 0.717) is 21.3 Å². The maximum Gasteiger partial charge on any atom is 0.312 e. The van der Waals surface area contributed by atoms with Gasteiger partial charge >= 0.3 is 29.8 Å². The van der Waals surface area contributed by atoms with Crippen molar-refractivity contribution in [3.8, 4) is 0 Å². The Kier molecular flexibility index (Phi) is 32.6. The predicted molar refractivity (Wildman–Crippen MR) is 384 cm³/mol. The normalized spacial score (nSPS) is 32.5. The van der Waals surface area contributed by atoms with E-state index in [2.05, 4.69) is 46.4 Å². The Hall–Kier alpha value is 0.850. The van der Waals surface area contributed by atoms with Crippen molar-refractivity contribution in [2.24, 2.45) is 38.9 Å². The molecule has 9 aliphatic rings. The highest BCUT2D eigenvalue weighted by molar-refractivity contribution is 8.09. The van der Waals surface area contributed by atoms with E-state index in [4.69, 9.17) is 23.7 Å². The van der Waals surface area contributed by atoms with Crippen LogP contribution in [0.3, 0.4) is 0 Å². The monoisotopic (exact) mass is 1390 g/mol. The first kappa shape index (κ1) is 77.6. The molecule has 0 aromatic carbocycles. The van der Waals surface area contributed by atoms with Gasteiger partial charge in [-0.25, -0.2) is 0 Å². The zero-order chi connectivity index (χ0) is 63.7. The van der Waals surface area contributed by atoms with Crippen molar-refractivity contribution in [1.82, 2.24) is 0 Å². The van der Waals surface area contributed by atoms with Crippen LogP contribution in [0.1, 0.15) is 227 Å². The van der Waals surface area contributed by atoms with Crippen molar-refractivity contribution in [3.05, 3.63) is 0 Å². The van der Waals surface area contributed by atoms with Crippen LogP contribution in [-0.2, 0) is 47.7 Å². The first-order valence-corrected chi connectivity index (χ1v) is 42.9. The minimum absolute atomic E-state index is 0.0106. The molecule has 0 radical (unpaired) electrons. The molecule has 498 valence electrons. The van der Waals surface area contributed by atoms with Gasteiger partial charge in [0.05, 0.1) is 33.3 Å². The molecule has 0 bridgehead atoms. The number of carbonyl (C=O) groups is 5. The summed E-state index contributed by atoms with van der Waals surface area (Å²) in [6, 6.07) is 0. The number of fused-ring (bicyclic) bond motifs is 4. The quantitative estimate of drug-likeness (QED) is 0.114. The summed E-state index contributed by atoms with van der Waals surface area (Å²) in [4.78, 5) is 59.7. The molecule has 4 aliphatic carbocycles. The average Bonchev–Trinajstić information content (AvgIpc) is 1.70. The van der Waals surface area contributed by atoms with Crippen LogP contribution in [0.4, 0.5) is 0 Å². The Morgan fingerprint density at radius 3 is 1.28 bits per heavy atom. The molecule has 9 fully saturated rings. The third kappa shape index (κ3) is 24.2. The summed E-state index contributed by atoms with van der Waals surface area (Å²) < 4.78 is 28.5. The van der Waals surface area contributed by atoms with Gasteiger partial charge in [-0.2, -0.15) is 47.0 Å². The number of hydrogen-bond acceptors (Lipinski definition) is 20. The van der Waals surface area contributed by atoms with Crippen LogP contribution in [0.25, 0.3) is 0 Å². The highest BCUT2D eigenvalue weighted by atomic mass is 32.2. The Balaban J connectivity index is 0.000000197. The molecular formula is C66H114O10S10. The van der Waals surface area contributed by atoms with Crippen molar-refractivity contribution in [2.45, 2.75) is 290 Å². The third-order valence-corrected chi connectivity index (χ3v) is 35.6. The highest BCUT2D eigenvalue weighted by Crippen LogP contribution is 2.60. The second-order valence-electron chi connectivity index (χ2n) is 28.5. The lowest BCUT2D eigenvalue weighted by Gasteiger charge is -2.44. The standard InChI is InChI=1S/C16H26O2S2.C13H22O2S2.C13H24O2S2.C12H20O2S2.C12H22O2S2/c1-4-15(2,3)14(17)18-16-10-6-9-13(16)19-11-7-5-8-12(11)20-16;1-4-13(2,3)12(14)15-11-8-16-9-6-5-7-10(9)17-11;1-6-13(4,5)11(14)15-10-7-16-8-12(2,3)9-17-10;1-3-8(2)12(13)14-11-7-15-9-5-4-6-10(9)16-11;1-5-9(2)11(13)14-10-6-15-7-12(3,4)8-16-10/h11-13H,4-10H2,1-3H3;9-11H,4-8H2,1-3H3;10H,6-9H2,1-5H3;8-11H,3-7H2,1-2H3;9-10H,5-8H2,1-4H3. The van der Waals surface area contributed by atoms with Crippen molar-refractivity contribution < 1.29 is 47.7 Å². The van der Waals surface area contributed by atoms with Crippen LogP contribution in [0.2, 0.25) is 0 Å². The minimum atomic E-state index is -0.354. The van der Waals surface area contributed by atoms with Gasteiger partial charge in [0.1, 0.15) is 0 Å². The molecule has 5 heterocycles. The van der Waals surface area contributed by atoms with E-state index >= 15 is 0 Å². The predicted octanol–water partition coefficient (Wildman–Crippen LogP) is 18.8. The number of rotatable bonds is 15. The van der Waals surface area contributed by atoms with E-state index in [1.807, 2.05) is 165 Å². The van der Waals surface area contributed by atoms with Crippen LogP contribution in [0.5, 0.6) is 0 Å². The van der Waals surface area contributed by atoms with Crippen LogP contribution in [0.15, 0.2) is 0 Å². The summed E-state index contributed by atoms with van der Waals surface area (Å²) in [7, 11) is 0. The van der Waals surface area contributed by atoms with Crippen molar-refractivity contribution in [3.63, 3.8) is 0 Å². The maximum absolute atomic E-state index is 12.5. The SMILES string of the molecule is CCC(C)(C)C(=O)OC12CCCC1SC1CCCC1S2.CCC(C)(C)C(=O)OC1CSC2CCCC2S1.CCC(C)(C)C(=O)OC1CSCC(C)(C)CS1.CCC(C)C(=O)OC1CSC2CCCC2S1.CCC(C)C(=O)OC1CSCC(C)(C)CS1. The molecule has 20 heteroatoms. The van der Waals surface area contributed by atoms with Gasteiger partial charge in [-0.3, -0.25) is 24.0 Å². The fourth-order valence-electron chi connectivity index (χ4n) is 10.4. The summed E-state index contributed by atoms with van der Waals surface area (Å²) in [6.07, 6.45) is 19.8. The van der Waals surface area contributed by atoms with E-state index in [9.17, 15) is 24.0 Å². The molecule has 10 nitrogen and oxygen atoms in total. The number of thioether (sulfide) groups is 10. The maximum atomic E-state index is 12.5. The van der Waals surface area contributed by atoms with Crippen LogP contribution in [0, 0.1) is 38.9 Å². The molecule has 0 amide bonds. The smallest absolute Gasteiger partial charge is 0.312 e. The first-order valence-electron chi connectivity index (χ1n) is 32.7. The average molecular weight is 1390 g/mol. The molecular weight excluding hydrogens is 1270 g/mol. The van der Waals surface area contributed by atoms with Gasteiger partial charge in [0.25, 0.3) is 0 Å². The Morgan fingerprint density at radius 2 is 0.826 bits per heavy atom. The van der Waals surface area contributed by atoms with Gasteiger partial charge in [-0.1, -0.05) is 95.4 Å². The number of carbonyl (C=O) groups excluding carboxylic acids is 5. The van der Waals surface area contributed by atoms with E-state index < -0.39 is 0 Å². The fourth-order valence-corrected chi connectivity index (χ4v) is 26.6. The van der Waals surface area contributed by atoms with Crippen molar-refractivity contribution in [1.29, 1.82) is 0 Å². The summed E-state index contributed by atoms with van der Waals surface area (Å²) in [5.41, 5.74) is -0.0782. The Morgan fingerprint density at radius 1 is 0.442 bits per heavy atom. The largest absolute Gasteiger partial charge is 0.450 e. The van der Waals surface area contributed by atoms with Crippen LogP contribution >= 0.6 is 118 Å². The molecule has 14 unspecified atom stereocenters. The zero-order valence-electron chi connectivity index (χ0n) is 55.8. The lowest BCUT2D eigenvalue weighted by atomic mass is 9.90. The van der Waals surface area contributed by atoms with Crippen molar-refractivity contribution in [2.75, 3.05) is 46.0 Å². The van der Waals surface area contributed by atoms with E-state index in [1.165, 1.54) is 70.6 Å². The fraction of sp³-hybridized carbons (Fsp3) is 0.924. The number of hydrogen-bond donors (Lipinski definition) is 0. The molecule has 0 N–H and O–H groups in total. The van der Waals surface area contributed by atoms with Gasteiger partial charge in [-0.15, -0.1) is 70.6 Å². The zero-order valence-corrected chi connectivity index (χ0v) is 64.0. The van der Waals surface area contributed by atoms with Gasteiger partial charge in [0.15, 0.2) is 26.7 Å². The van der Waals surface area contributed by atoms with Gasteiger partial charge in [0, 0.05) is 66.0 Å². The Bertz CT molecular complexity index is 2080. The molecule has 4 saturated carbocycles. The van der Waals surface area contributed by atoms with Crippen LogP contribution in [-0.4, -0.2) is 139 Å². The molecule has 5 aliphatic heterocycles. The Labute approximate surface area is 565 Å². The topological polar surface area (TPSA) is 132 Å².